The molecule has 0 unspecified atom stereocenters. The van der Waals surface area contributed by atoms with Crippen LogP contribution in [-0.4, -0.2) is 56.8 Å². The molecule has 2 aromatic rings. The molecule has 160 valence electrons. The van der Waals surface area contributed by atoms with Crippen molar-refractivity contribution in [3.63, 3.8) is 0 Å². The predicted octanol–water partition coefficient (Wildman–Crippen LogP) is 3.00. The van der Waals surface area contributed by atoms with Gasteiger partial charge in [-0.3, -0.25) is 9.69 Å². The Hall–Kier alpha value is -2.19. The summed E-state index contributed by atoms with van der Waals surface area (Å²) in [5.41, 5.74) is 1.99. The number of amides is 1. The highest BCUT2D eigenvalue weighted by molar-refractivity contribution is 7.89. The largest absolute Gasteiger partial charge is 0.337 e. The first kappa shape index (κ1) is 22.5. The summed E-state index contributed by atoms with van der Waals surface area (Å²) in [6.07, 6.45) is 3.26. The van der Waals surface area contributed by atoms with Crippen molar-refractivity contribution < 1.29 is 13.2 Å². The van der Waals surface area contributed by atoms with E-state index in [9.17, 15) is 13.2 Å². The van der Waals surface area contributed by atoms with Crippen molar-refractivity contribution in [3.05, 3.63) is 70.8 Å². The molecule has 1 N–H and O–H groups in total. The van der Waals surface area contributed by atoms with Gasteiger partial charge in [0.1, 0.15) is 0 Å². The Balaban J connectivity index is 1.50. The lowest BCUT2D eigenvalue weighted by molar-refractivity contribution is -0.127. The Morgan fingerprint density at radius 3 is 2.27 bits per heavy atom. The van der Waals surface area contributed by atoms with Crippen molar-refractivity contribution >= 4 is 33.6 Å². The van der Waals surface area contributed by atoms with E-state index in [1.54, 1.807) is 31.2 Å². The van der Waals surface area contributed by atoms with E-state index in [1.807, 2.05) is 29.2 Å². The molecule has 0 bridgehead atoms. The van der Waals surface area contributed by atoms with Crippen LogP contribution in [-0.2, 0) is 21.4 Å². The third kappa shape index (κ3) is 6.15. The van der Waals surface area contributed by atoms with Gasteiger partial charge in [0, 0.05) is 50.4 Å². The molecule has 1 aliphatic rings. The molecule has 1 heterocycles. The second-order valence-electron chi connectivity index (χ2n) is 7.13. The Bertz CT molecular complexity index is 981. The van der Waals surface area contributed by atoms with E-state index in [0.717, 1.165) is 30.2 Å². The maximum atomic E-state index is 12.5. The van der Waals surface area contributed by atoms with Crippen molar-refractivity contribution in [2.24, 2.45) is 0 Å². The maximum absolute atomic E-state index is 12.5. The molecule has 2 aromatic carbocycles. The lowest BCUT2D eigenvalue weighted by atomic mass is 10.2. The summed E-state index contributed by atoms with van der Waals surface area (Å²) in [4.78, 5) is 16.8. The number of carbonyl (C=O) groups is 1. The van der Waals surface area contributed by atoms with Crippen LogP contribution < -0.4 is 4.72 Å². The number of halogens is 1. The van der Waals surface area contributed by atoms with Crippen molar-refractivity contribution in [1.82, 2.24) is 14.5 Å². The lowest BCUT2D eigenvalue weighted by Gasteiger charge is -2.34. The van der Waals surface area contributed by atoms with E-state index in [0.29, 0.717) is 19.6 Å². The lowest BCUT2D eigenvalue weighted by Crippen LogP contribution is -2.47. The molecule has 6 nitrogen and oxygen atoms in total. The molecule has 0 spiro atoms. The van der Waals surface area contributed by atoms with Gasteiger partial charge in [0.25, 0.3) is 0 Å². The standard InChI is InChI=1S/C22H26ClN3O3S/c1-2-24-30(28,29)21-10-5-18(6-11-21)7-12-22(27)26-15-13-25(14-16-26)17-19-3-8-20(23)9-4-19/h3-12,24H,2,13-17H2,1H3/b12-7+. The average molecular weight is 448 g/mol. The van der Waals surface area contributed by atoms with Gasteiger partial charge in [-0.05, 0) is 41.5 Å². The highest BCUT2D eigenvalue weighted by Gasteiger charge is 2.19. The minimum Gasteiger partial charge on any atom is -0.337 e. The average Bonchev–Trinajstić information content (AvgIpc) is 2.74. The summed E-state index contributed by atoms with van der Waals surface area (Å²) >= 11 is 5.93. The Labute approximate surface area is 183 Å². The minimum absolute atomic E-state index is 0.0366. The number of sulfonamides is 1. The quantitative estimate of drug-likeness (QED) is 0.662. The number of rotatable bonds is 7. The van der Waals surface area contributed by atoms with Crippen LogP contribution in [0.1, 0.15) is 18.1 Å². The fraction of sp³-hybridized carbons (Fsp3) is 0.318. The van der Waals surface area contributed by atoms with Crippen molar-refractivity contribution in [2.45, 2.75) is 18.4 Å². The molecule has 0 saturated carbocycles. The normalized spacial score (nSPS) is 15.6. The molecular formula is C22H26ClN3O3S. The fourth-order valence-corrected chi connectivity index (χ4v) is 4.45. The van der Waals surface area contributed by atoms with Gasteiger partial charge >= 0.3 is 0 Å². The van der Waals surface area contributed by atoms with Crippen LogP contribution in [0.15, 0.2) is 59.5 Å². The summed E-state index contributed by atoms with van der Waals surface area (Å²) in [6, 6.07) is 14.3. The molecule has 0 radical (unpaired) electrons. The summed E-state index contributed by atoms with van der Waals surface area (Å²) < 4.78 is 26.4. The summed E-state index contributed by atoms with van der Waals surface area (Å²) in [7, 11) is -3.47. The number of carbonyl (C=O) groups excluding carboxylic acids is 1. The number of nitrogens with zero attached hydrogens (tertiary/aromatic N) is 2. The second-order valence-corrected chi connectivity index (χ2v) is 9.33. The van der Waals surface area contributed by atoms with Crippen LogP contribution in [0, 0.1) is 0 Å². The smallest absolute Gasteiger partial charge is 0.246 e. The molecular weight excluding hydrogens is 422 g/mol. The van der Waals surface area contributed by atoms with E-state index in [-0.39, 0.29) is 10.8 Å². The van der Waals surface area contributed by atoms with E-state index in [4.69, 9.17) is 11.6 Å². The fourth-order valence-electron chi connectivity index (χ4n) is 3.28. The van der Waals surface area contributed by atoms with E-state index in [1.165, 1.54) is 17.7 Å². The van der Waals surface area contributed by atoms with E-state index < -0.39 is 10.0 Å². The number of benzene rings is 2. The van der Waals surface area contributed by atoms with Crippen LogP contribution in [0.25, 0.3) is 6.08 Å². The van der Waals surface area contributed by atoms with Crippen molar-refractivity contribution in [1.29, 1.82) is 0 Å². The van der Waals surface area contributed by atoms with Gasteiger partial charge in [0.2, 0.25) is 15.9 Å². The first-order valence-electron chi connectivity index (χ1n) is 9.91. The topological polar surface area (TPSA) is 69.7 Å². The molecule has 0 aromatic heterocycles. The molecule has 1 fully saturated rings. The molecule has 30 heavy (non-hydrogen) atoms. The van der Waals surface area contributed by atoms with E-state index >= 15 is 0 Å². The first-order valence-corrected chi connectivity index (χ1v) is 11.8. The van der Waals surface area contributed by atoms with Gasteiger partial charge in [-0.1, -0.05) is 42.8 Å². The summed E-state index contributed by atoms with van der Waals surface area (Å²) in [5.74, 6) is -0.0366. The number of hydrogen-bond donors (Lipinski definition) is 1. The second kappa shape index (κ2) is 10.2. The van der Waals surface area contributed by atoms with Crippen molar-refractivity contribution in [3.8, 4) is 0 Å². The number of nitrogens with one attached hydrogen (secondary N) is 1. The third-order valence-corrected chi connectivity index (χ3v) is 6.76. The molecule has 8 heteroatoms. The predicted molar refractivity (Wildman–Crippen MR) is 120 cm³/mol. The molecule has 1 aliphatic heterocycles. The number of hydrogen-bond acceptors (Lipinski definition) is 4. The number of piperazine rings is 1. The molecule has 0 aliphatic carbocycles. The van der Waals surface area contributed by atoms with Crippen molar-refractivity contribution in [2.75, 3.05) is 32.7 Å². The van der Waals surface area contributed by atoms with Crippen LogP contribution in [0.4, 0.5) is 0 Å². The van der Waals surface area contributed by atoms with Gasteiger partial charge < -0.3 is 4.90 Å². The zero-order chi connectivity index (χ0) is 21.6. The van der Waals surface area contributed by atoms with Gasteiger partial charge in [0.05, 0.1) is 4.90 Å². The maximum Gasteiger partial charge on any atom is 0.246 e. The van der Waals surface area contributed by atoms with Crippen LogP contribution in [0.5, 0.6) is 0 Å². The van der Waals surface area contributed by atoms with Gasteiger partial charge in [-0.25, -0.2) is 13.1 Å². The monoisotopic (exact) mass is 447 g/mol. The minimum atomic E-state index is -3.47. The highest BCUT2D eigenvalue weighted by Crippen LogP contribution is 2.14. The first-order chi connectivity index (χ1) is 14.4. The summed E-state index contributed by atoms with van der Waals surface area (Å²) in [5, 5.41) is 0.731. The van der Waals surface area contributed by atoms with Gasteiger partial charge in [0.15, 0.2) is 0 Å². The molecule has 1 saturated heterocycles. The third-order valence-electron chi connectivity index (χ3n) is 4.95. The zero-order valence-corrected chi connectivity index (χ0v) is 18.5. The van der Waals surface area contributed by atoms with Gasteiger partial charge in [-0.2, -0.15) is 0 Å². The SMILES string of the molecule is CCNS(=O)(=O)c1ccc(/C=C/C(=O)N2CCN(Cc3ccc(Cl)cc3)CC2)cc1. The Kier molecular flexibility index (Phi) is 7.66. The Morgan fingerprint density at radius 1 is 1.03 bits per heavy atom. The Morgan fingerprint density at radius 2 is 1.67 bits per heavy atom. The molecule has 3 rings (SSSR count). The van der Waals surface area contributed by atoms with Crippen LogP contribution in [0.2, 0.25) is 5.02 Å². The summed E-state index contributed by atoms with van der Waals surface area (Å²) in [6.45, 7) is 5.91. The molecule has 1 amide bonds. The zero-order valence-electron chi connectivity index (χ0n) is 16.9. The highest BCUT2D eigenvalue weighted by atomic mass is 35.5. The van der Waals surface area contributed by atoms with Crippen LogP contribution >= 0.6 is 11.6 Å². The molecule has 0 atom stereocenters. The van der Waals surface area contributed by atoms with Crippen LogP contribution in [0.3, 0.4) is 0 Å². The van der Waals surface area contributed by atoms with E-state index in [2.05, 4.69) is 9.62 Å². The van der Waals surface area contributed by atoms with Gasteiger partial charge in [-0.15, -0.1) is 0 Å².